The van der Waals surface area contributed by atoms with Gasteiger partial charge in [0.05, 0.1) is 18.0 Å². The molecule has 5 heteroatoms. The summed E-state index contributed by atoms with van der Waals surface area (Å²) >= 11 is 0. The number of aryl methyl sites for hydroxylation is 1. The minimum atomic E-state index is 0.874. The molecule has 20 heavy (non-hydrogen) atoms. The van der Waals surface area contributed by atoms with Crippen molar-refractivity contribution in [3.63, 3.8) is 0 Å². The predicted molar refractivity (Wildman–Crippen MR) is 78.4 cm³/mol. The van der Waals surface area contributed by atoms with Crippen molar-refractivity contribution >= 4 is 5.52 Å². The first kappa shape index (κ1) is 12.9. The van der Waals surface area contributed by atoms with Gasteiger partial charge in [0.25, 0.3) is 0 Å². The molecule has 0 unspecified atom stereocenters. The van der Waals surface area contributed by atoms with E-state index >= 15 is 0 Å². The van der Waals surface area contributed by atoms with Crippen molar-refractivity contribution in [3.8, 4) is 0 Å². The summed E-state index contributed by atoms with van der Waals surface area (Å²) < 4.78 is 4.03. The fourth-order valence-corrected chi connectivity index (χ4v) is 2.31. The van der Waals surface area contributed by atoms with E-state index in [1.54, 1.807) is 0 Å². The van der Waals surface area contributed by atoms with Crippen molar-refractivity contribution in [2.75, 3.05) is 6.54 Å². The normalized spacial score (nSPS) is 11.2. The first-order chi connectivity index (χ1) is 9.93. The van der Waals surface area contributed by atoms with E-state index in [4.69, 9.17) is 0 Å². The molecule has 0 aliphatic rings. The molecule has 3 aromatic heterocycles. The highest BCUT2D eigenvalue weighted by Gasteiger charge is 2.01. The van der Waals surface area contributed by atoms with E-state index in [9.17, 15) is 0 Å². The Morgan fingerprint density at radius 3 is 3.05 bits per heavy atom. The number of hydrogen-bond donors (Lipinski definition) is 1. The van der Waals surface area contributed by atoms with Gasteiger partial charge in [-0.15, -0.1) is 0 Å². The van der Waals surface area contributed by atoms with Gasteiger partial charge in [0.15, 0.2) is 0 Å². The molecule has 3 rings (SSSR count). The van der Waals surface area contributed by atoms with Crippen LogP contribution in [0.4, 0.5) is 0 Å². The fraction of sp³-hybridized carbons (Fsp3) is 0.333. The van der Waals surface area contributed by atoms with Crippen LogP contribution in [-0.2, 0) is 13.1 Å². The number of hydrogen-bond acceptors (Lipinski definition) is 3. The summed E-state index contributed by atoms with van der Waals surface area (Å²) in [5, 5.41) is 7.82. The highest BCUT2D eigenvalue weighted by atomic mass is 15.2. The zero-order chi connectivity index (χ0) is 13.6. The third-order valence-corrected chi connectivity index (χ3v) is 3.40. The maximum Gasteiger partial charge on any atom is 0.0945 e. The van der Waals surface area contributed by atoms with E-state index in [1.807, 2.05) is 47.8 Å². The summed E-state index contributed by atoms with van der Waals surface area (Å²) in [5.41, 5.74) is 2.43. The predicted octanol–water partition coefficient (Wildman–Crippen LogP) is 2.10. The van der Waals surface area contributed by atoms with Crippen molar-refractivity contribution in [3.05, 3.63) is 54.9 Å². The molecule has 3 aromatic rings. The third-order valence-electron chi connectivity index (χ3n) is 3.40. The Labute approximate surface area is 118 Å². The van der Waals surface area contributed by atoms with Gasteiger partial charge in [-0.1, -0.05) is 6.07 Å². The first-order valence-corrected chi connectivity index (χ1v) is 7.01. The number of fused-ring (bicyclic) bond motifs is 1. The van der Waals surface area contributed by atoms with Crippen LogP contribution in [0.2, 0.25) is 0 Å². The molecular weight excluding hydrogens is 250 g/mol. The minimum absolute atomic E-state index is 0.874. The largest absolute Gasteiger partial charge is 0.337 e. The minimum Gasteiger partial charge on any atom is -0.337 e. The van der Waals surface area contributed by atoms with Crippen molar-refractivity contribution in [2.45, 2.75) is 25.9 Å². The van der Waals surface area contributed by atoms with Gasteiger partial charge in [-0.3, -0.25) is 0 Å². The number of imidazole rings is 1. The number of rotatable bonds is 7. The van der Waals surface area contributed by atoms with Crippen molar-refractivity contribution in [1.29, 1.82) is 0 Å². The van der Waals surface area contributed by atoms with Crippen LogP contribution in [0.5, 0.6) is 0 Å². The second kappa shape index (κ2) is 6.34. The van der Waals surface area contributed by atoms with Crippen LogP contribution in [0.15, 0.2) is 49.3 Å². The third kappa shape index (κ3) is 3.05. The summed E-state index contributed by atoms with van der Waals surface area (Å²) in [4.78, 5) is 4.04. The Balaban J connectivity index is 1.39. The molecule has 0 saturated heterocycles. The van der Waals surface area contributed by atoms with E-state index in [0.717, 1.165) is 32.5 Å². The Bertz CT molecular complexity index is 641. The fourth-order valence-electron chi connectivity index (χ4n) is 2.31. The second-order valence-electron chi connectivity index (χ2n) is 4.88. The van der Waals surface area contributed by atoms with Gasteiger partial charge in [0, 0.05) is 37.2 Å². The van der Waals surface area contributed by atoms with E-state index < -0.39 is 0 Å². The lowest BCUT2D eigenvalue weighted by molar-refractivity contribution is 0.569. The Kier molecular flexibility index (Phi) is 4.08. The summed E-state index contributed by atoms with van der Waals surface area (Å²) in [6.07, 6.45) is 11.9. The van der Waals surface area contributed by atoms with E-state index in [2.05, 4.69) is 26.0 Å². The van der Waals surface area contributed by atoms with Crippen LogP contribution >= 0.6 is 0 Å². The first-order valence-electron chi connectivity index (χ1n) is 7.01. The second-order valence-corrected chi connectivity index (χ2v) is 4.88. The van der Waals surface area contributed by atoms with Gasteiger partial charge in [-0.05, 0) is 31.5 Å². The molecule has 0 saturated carbocycles. The van der Waals surface area contributed by atoms with Gasteiger partial charge in [-0.25, -0.2) is 9.50 Å². The van der Waals surface area contributed by atoms with E-state index in [-0.39, 0.29) is 0 Å². The molecule has 5 nitrogen and oxygen atoms in total. The summed E-state index contributed by atoms with van der Waals surface area (Å²) in [6, 6.07) is 6.14. The highest BCUT2D eigenvalue weighted by Crippen LogP contribution is 2.09. The molecule has 0 atom stereocenters. The topological polar surface area (TPSA) is 47.1 Å². The van der Waals surface area contributed by atoms with Crippen LogP contribution in [0.3, 0.4) is 0 Å². The number of nitrogens with zero attached hydrogens (tertiary/aromatic N) is 4. The SMILES string of the molecule is c1ccn2ncc(CNCCCCn3ccnc3)c2c1. The lowest BCUT2D eigenvalue weighted by Gasteiger charge is -2.04. The molecule has 0 radical (unpaired) electrons. The van der Waals surface area contributed by atoms with Crippen molar-refractivity contribution < 1.29 is 0 Å². The zero-order valence-electron chi connectivity index (χ0n) is 11.4. The van der Waals surface area contributed by atoms with Gasteiger partial charge < -0.3 is 9.88 Å². The molecule has 3 heterocycles. The van der Waals surface area contributed by atoms with Crippen molar-refractivity contribution in [1.82, 2.24) is 24.5 Å². The Morgan fingerprint density at radius 2 is 2.15 bits per heavy atom. The molecule has 0 aliphatic heterocycles. The molecule has 0 aliphatic carbocycles. The molecule has 0 fully saturated rings. The quantitative estimate of drug-likeness (QED) is 0.668. The van der Waals surface area contributed by atoms with Gasteiger partial charge in [-0.2, -0.15) is 5.10 Å². The number of pyridine rings is 1. The average Bonchev–Trinajstić information content (AvgIpc) is 3.12. The lowest BCUT2D eigenvalue weighted by Crippen LogP contribution is -2.15. The average molecular weight is 269 g/mol. The standard InChI is InChI=1S/C15H19N5/c1-3-9-20-15(5-1)14(12-18-20)11-16-6-2-4-8-19-10-7-17-13-19/h1,3,5,7,9-10,12-13,16H,2,4,6,8,11H2. The van der Waals surface area contributed by atoms with Crippen LogP contribution < -0.4 is 5.32 Å². The van der Waals surface area contributed by atoms with Crippen LogP contribution in [0.1, 0.15) is 18.4 Å². The molecule has 0 spiro atoms. The van der Waals surface area contributed by atoms with E-state index in [1.165, 1.54) is 11.1 Å². The van der Waals surface area contributed by atoms with Crippen LogP contribution in [-0.4, -0.2) is 25.7 Å². The molecule has 1 N–H and O–H groups in total. The zero-order valence-corrected chi connectivity index (χ0v) is 11.4. The van der Waals surface area contributed by atoms with E-state index in [0.29, 0.717) is 0 Å². The summed E-state index contributed by atoms with van der Waals surface area (Å²) in [6.45, 7) is 2.94. The van der Waals surface area contributed by atoms with Crippen LogP contribution in [0.25, 0.3) is 5.52 Å². The number of nitrogens with one attached hydrogen (secondary N) is 1. The molecule has 104 valence electrons. The van der Waals surface area contributed by atoms with Crippen LogP contribution in [0, 0.1) is 0 Å². The maximum atomic E-state index is 4.33. The smallest absolute Gasteiger partial charge is 0.0945 e. The molecular formula is C15H19N5. The van der Waals surface area contributed by atoms with Gasteiger partial charge in [0.2, 0.25) is 0 Å². The van der Waals surface area contributed by atoms with Gasteiger partial charge >= 0.3 is 0 Å². The summed E-state index contributed by atoms with van der Waals surface area (Å²) in [5.74, 6) is 0. The lowest BCUT2D eigenvalue weighted by atomic mass is 10.2. The molecule has 0 amide bonds. The maximum absolute atomic E-state index is 4.33. The Hall–Kier alpha value is -2.14. The molecule has 0 aromatic carbocycles. The van der Waals surface area contributed by atoms with Crippen molar-refractivity contribution in [2.24, 2.45) is 0 Å². The molecule has 0 bridgehead atoms. The monoisotopic (exact) mass is 269 g/mol. The number of aromatic nitrogens is 4. The Morgan fingerprint density at radius 1 is 1.15 bits per heavy atom. The number of unbranched alkanes of at least 4 members (excludes halogenated alkanes) is 1. The van der Waals surface area contributed by atoms with Gasteiger partial charge in [0.1, 0.15) is 0 Å². The highest BCUT2D eigenvalue weighted by molar-refractivity contribution is 5.53. The summed E-state index contributed by atoms with van der Waals surface area (Å²) in [7, 11) is 0.